The predicted molar refractivity (Wildman–Crippen MR) is 98.2 cm³/mol. The fourth-order valence-corrected chi connectivity index (χ4v) is 3.87. The van der Waals surface area contributed by atoms with E-state index in [1.54, 1.807) is 24.3 Å². The fourth-order valence-electron chi connectivity index (χ4n) is 3.03. The standard InChI is InChI=1S/C19H19NO5S/c1-24-10-9-20-16(14-8-5-11-26-14)15(18(22)19(20)23)17(21)12-6-3-4-7-13(12)25-2/h3-8,11,16,21H,9-10H2,1-2H3/b17-15-. The Morgan fingerprint density at radius 1 is 1.19 bits per heavy atom. The summed E-state index contributed by atoms with van der Waals surface area (Å²) in [5.74, 6) is -1.16. The molecule has 1 aromatic carbocycles. The molecule has 1 N–H and O–H groups in total. The number of rotatable bonds is 6. The van der Waals surface area contributed by atoms with E-state index < -0.39 is 17.7 Å². The molecule has 1 fully saturated rings. The summed E-state index contributed by atoms with van der Waals surface area (Å²) < 4.78 is 10.4. The van der Waals surface area contributed by atoms with Crippen molar-refractivity contribution in [3.05, 3.63) is 57.8 Å². The minimum atomic E-state index is -0.706. The van der Waals surface area contributed by atoms with Crippen LogP contribution < -0.4 is 4.74 Å². The van der Waals surface area contributed by atoms with Gasteiger partial charge in [0.25, 0.3) is 11.7 Å². The number of benzene rings is 1. The van der Waals surface area contributed by atoms with E-state index in [1.807, 2.05) is 17.5 Å². The molecule has 1 aromatic heterocycles. The van der Waals surface area contributed by atoms with Crippen LogP contribution in [0.1, 0.15) is 16.5 Å². The number of thiophene rings is 1. The van der Waals surface area contributed by atoms with E-state index >= 15 is 0 Å². The van der Waals surface area contributed by atoms with Gasteiger partial charge in [-0.25, -0.2) is 0 Å². The molecule has 1 unspecified atom stereocenters. The van der Waals surface area contributed by atoms with E-state index in [4.69, 9.17) is 9.47 Å². The molecule has 1 saturated heterocycles. The summed E-state index contributed by atoms with van der Waals surface area (Å²) >= 11 is 1.42. The highest BCUT2D eigenvalue weighted by Gasteiger charge is 2.46. The number of nitrogens with zero attached hydrogens (tertiary/aromatic N) is 1. The van der Waals surface area contributed by atoms with Crippen molar-refractivity contribution in [3.63, 3.8) is 0 Å². The summed E-state index contributed by atoms with van der Waals surface area (Å²) in [6.07, 6.45) is 0. The Hall–Kier alpha value is -2.64. The lowest BCUT2D eigenvalue weighted by atomic mass is 9.99. The van der Waals surface area contributed by atoms with Gasteiger partial charge in [-0.2, -0.15) is 0 Å². The third-order valence-corrected chi connectivity index (χ3v) is 5.18. The van der Waals surface area contributed by atoms with E-state index in [-0.39, 0.29) is 17.9 Å². The molecule has 26 heavy (non-hydrogen) atoms. The number of amides is 1. The van der Waals surface area contributed by atoms with Crippen LogP contribution in [0, 0.1) is 0 Å². The Morgan fingerprint density at radius 2 is 1.96 bits per heavy atom. The van der Waals surface area contributed by atoms with Crippen LogP contribution >= 0.6 is 11.3 Å². The molecule has 136 valence electrons. The fraction of sp³-hybridized carbons (Fsp3) is 0.263. The number of Topliss-reactive ketones (excluding diaryl/α,β-unsaturated/α-hetero) is 1. The van der Waals surface area contributed by atoms with Gasteiger partial charge >= 0.3 is 0 Å². The number of likely N-dealkylation sites (tertiary alicyclic amines) is 1. The molecule has 1 aliphatic rings. The molecule has 1 amide bonds. The Balaban J connectivity index is 2.16. The smallest absolute Gasteiger partial charge is 0.295 e. The minimum Gasteiger partial charge on any atom is -0.507 e. The molecule has 0 saturated carbocycles. The van der Waals surface area contributed by atoms with Gasteiger partial charge in [0.1, 0.15) is 11.5 Å². The van der Waals surface area contributed by atoms with Gasteiger partial charge < -0.3 is 19.5 Å². The van der Waals surface area contributed by atoms with Crippen LogP contribution in [-0.2, 0) is 14.3 Å². The Kier molecular flexibility index (Phi) is 5.39. The van der Waals surface area contributed by atoms with Crippen LogP contribution in [-0.4, -0.2) is 49.1 Å². The molecule has 2 aromatic rings. The van der Waals surface area contributed by atoms with Crippen molar-refractivity contribution in [2.45, 2.75) is 6.04 Å². The normalized spacial score (nSPS) is 19.2. The SMILES string of the molecule is COCCN1C(=O)C(=O)/C(=C(\O)c2ccccc2OC)C1c1cccs1. The lowest BCUT2D eigenvalue weighted by Gasteiger charge is -2.23. The van der Waals surface area contributed by atoms with Crippen molar-refractivity contribution in [2.24, 2.45) is 0 Å². The van der Waals surface area contributed by atoms with Gasteiger partial charge in [0.15, 0.2) is 0 Å². The van der Waals surface area contributed by atoms with Crippen molar-refractivity contribution in [1.82, 2.24) is 4.90 Å². The largest absolute Gasteiger partial charge is 0.507 e. The number of carbonyl (C=O) groups excluding carboxylic acids is 2. The first-order valence-electron chi connectivity index (χ1n) is 8.04. The van der Waals surface area contributed by atoms with Gasteiger partial charge in [-0.1, -0.05) is 18.2 Å². The highest BCUT2D eigenvalue weighted by atomic mass is 32.1. The lowest BCUT2D eigenvalue weighted by molar-refractivity contribution is -0.140. The average Bonchev–Trinajstić information content (AvgIpc) is 3.27. The highest BCUT2D eigenvalue weighted by Crippen LogP contribution is 2.42. The van der Waals surface area contributed by atoms with E-state index in [2.05, 4.69) is 0 Å². The molecule has 1 atom stereocenters. The molecule has 3 rings (SSSR count). The molecule has 0 aliphatic carbocycles. The topological polar surface area (TPSA) is 76.1 Å². The summed E-state index contributed by atoms with van der Waals surface area (Å²) in [5, 5.41) is 12.8. The maximum absolute atomic E-state index is 12.7. The zero-order chi connectivity index (χ0) is 18.7. The first-order chi connectivity index (χ1) is 12.6. The van der Waals surface area contributed by atoms with Crippen molar-refractivity contribution in [3.8, 4) is 5.75 Å². The first-order valence-corrected chi connectivity index (χ1v) is 8.92. The predicted octanol–water partition coefficient (Wildman–Crippen LogP) is 2.82. The number of ketones is 1. The average molecular weight is 373 g/mol. The number of methoxy groups -OCH3 is 2. The van der Waals surface area contributed by atoms with E-state index in [0.29, 0.717) is 17.9 Å². The maximum atomic E-state index is 12.7. The molecular formula is C19H19NO5S. The van der Waals surface area contributed by atoms with Gasteiger partial charge in [0.2, 0.25) is 0 Å². The van der Waals surface area contributed by atoms with E-state index in [9.17, 15) is 14.7 Å². The van der Waals surface area contributed by atoms with E-state index in [1.165, 1.54) is 30.5 Å². The van der Waals surface area contributed by atoms with Crippen molar-refractivity contribution in [2.75, 3.05) is 27.4 Å². The van der Waals surface area contributed by atoms with Gasteiger partial charge in [0, 0.05) is 18.5 Å². The zero-order valence-corrected chi connectivity index (χ0v) is 15.3. The maximum Gasteiger partial charge on any atom is 0.295 e. The summed E-state index contributed by atoms with van der Waals surface area (Å²) in [4.78, 5) is 27.5. The molecule has 0 spiro atoms. The van der Waals surface area contributed by atoms with Crippen LogP contribution in [0.3, 0.4) is 0 Å². The zero-order valence-electron chi connectivity index (χ0n) is 14.5. The number of hydrogen-bond donors (Lipinski definition) is 1. The highest BCUT2D eigenvalue weighted by molar-refractivity contribution is 7.10. The number of carbonyl (C=O) groups is 2. The van der Waals surface area contributed by atoms with Gasteiger partial charge in [-0.15, -0.1) is 11.3 Å². The van der Waals surface area contributed by atoms with Crippen LogP contribution in [0.25, 0.3) is 5.76 Å². The number of aliphatic hydroxyl groups excluding tert-OH is 1. The van der Waals surface area contributed by atoms with Crippen LogP contribution in [0.5, 0.6) is 5.75 Å². The Morgan fingerprint density at radius 3 is 2.62 bits per heavy atom. The minimum absolute atomic E-state index is 0.0676. The second-order valence-corrected chi connectivity index (χ2v) is 6.68. The number of aliphatic hydroxyl groups is 1. The molecule has 2 heterocycles. The number of ether oxygens (including phenoxy) is 2. The van der Waals surface area contributed by atoms with Gasteiger partial charge in [-0.3, -0.25) is 9.59 Å². The van der Waals surface area contributed by atoms with Crippen molar-refractivity contribution in [1.29, 1.82) is 0 Å². The Labute approximate surface area is 155 Å². The van der Waals surface area contributed by atoms with E-state index in [0.717, 1.165) is 4.88 Å². The number of para-hydroxylation sites is 1. The van der Waals surface area contributed by atoms with Gasteiger partial charge in [0.05, 0.1) is 30.9 Å². The third kappa shape index (κ3) is 3.11. The second kappa shape index (κ2) is 7.72. The third-order valence-electron chi connectivity index (χ3n) is 4.25. The summed E-state index contributed by atoms with van der Waals surface area (Å²) in [6.45, 7) is 0.552. The van der Waals surface area contributed by atoms with Crippen LogP contribution in [0.2, 0.25) is 0 Å². The first kappa shape index (κ1) is 18.2. The number of hydrogen-bond acceptors (Lipinski definition) is 6. The van der Waals surface area contributed by atoms with Crippen LogP contribution in [0.15, 0.2) is 47.4 Å². The second-order valence-electron chi connectivity index (χ2n) is 5.70. The molecule has 6 nitrogen and oxygen atoms in total. The quantitative estimate of drug-likeness (QED) is 0.479. The van der Waals surface area contributed by atoms with Gasteiger partial charge in [-0.05, 0) is 23.6 Å². The molecule has 7 heteroatoms. The van der Waals surface area contributed by atoms with Crippen LogP contribution in [0.4, 0.5) is 0 Å². The molecule has 0 bridgehead atoms. The van der Waals surface area contributed by atoms with Crippen molar-refractivity contribution < 1.29 is 24.2 Å². The van der Waals surface area contributed by atoms with Crippen molar-refractivity contribution >= 4 is 28.8 Å². The molecular weight excluding hydrogens is 354 g/mol. The summed E-state index contributed by atoms with van der Waals surface area (Å²) in [5.41, 5.74) is 0.444. The lowest BCUT2D eigenvalue weighted by Crippen LogP contribution is -2.32. The molecule has 1 aliphatic heterocycles. The summed E-state index contributed by atoms with van der Waals surface area (Å²) in [6, 6.07) is 9.89. The molecule has 0 radical (unpaired) electrons. The summed E-state index contributed by atoms with van der Waals surface area (Å²) in [7, 11) is 3.02. The Bertz CT molecular complexity index is 843. The monoisotopic (exact) mass is 373 g/mol.